The lowest BCUT2D eigenvalue weighted by Crippen LogP contribution is -2.07. The summed E-state index contributed by atoms with van der Waals surface area (Å²) in [5.74, 6) is 4.02. The van der Waals surface area contributed by atoms with Crippen molar-refractivity contribution in [3.8, 4) is 17.2 Å². The van der Waals surface area contributed by atoms with Crippen molar-refractivity contribution in [2.75, 3.05) is 6.61 Å². The number of hydrogen-bond donors (Lipinski definition) is 0. The molecule has 164 valence electrons. The molecule has 2 atom stereocenters. The van der Waals surface area contributed by atoms with Crippen molar-refractivity contribution < 1.29 is 9.15 Å². The second-order valence-corrected chi connectivity index (χ2v) is 9.11. The molecule has 0 radical (unpaired) electrons. The summed E-state index contributed by atoms with van der Waals surface area (Å²) in [4.78, 5) is 4.71. The van der Waals surface area contributed by atoms with Crippen molar-refractivity contribution in [1.29, 1.82) is 0 Å². The minimum absolute atomic E-state index is 0.607. The highest BCUT2D eigenvalue weighted by Crippen LogP contribution is 2.41. The van der Waals surface area contributed by atoms with Crippen molar-refractivity contribution in [2.24, 2.45) is 5.92 Å². The van der Waals surface area contributed by atoms with Crippen LogP contribution in [-0.2, 0) is 12.8 Å². The van der Waals surface area contributed by atoms with Gasteiger partial charge in [-0.1, -0.05) is 56.9 Å². The van der Waals surface area contributed by atoms with E-state index >= 15 is 0 Å². The van der Waals surface area contributed by atoms with Crippen molar-refractivity contribution in [3.05, 3.63) is 70.6 Å². The Hall–Kier alpha value is -2.55. The van der Waals surface area contributed by atoms with Crippen LogP contribution in [0.2, 0.25) is 0 Å². The molecule has 3 heteroatoms. The number of unbranched alkanes of at least 4 members (excludes halogenated alkanes) is 1. The summed E-state index contributed by atoms with van der Waals surface area (Å²) in [6.07, 6.45) is 7.16. The summed E-state index contributed by atoms with van der Waals surface area (Å²) >= 11 is 0. The molecule has 3 aromatic rings. The number of oxazole rings is 1. The van der Waals surface area contributed by atoms with E-state index in [4.69, 9.17) is 14.1 Å². The molecular weight excluding hydrogens is 382 g/mol. The number of fused-ring (bicyclic) bond motifs is 1. The summed E-state index contributed by atoms with van der Waals surface area (Å²) in [5, 5.41) is 0. The van der Waals surface area contributed by atoms with Gasteiger partial charge in [0.2, 0.25) is 5.89 Å². The van der Waals surface area contributed by atoms with Gasteiger partial charge in [0.15, 0.2) is 0 Å². The molecule has 2 aromatic carbocycles. The lowest BCUT2D eigenvalue weighted by Gasteiger charge is -2.20. The number of nitrogens with zero attached hydrogens (tertiary/aromatic N) is 1. The zero-order chi connectivity index (χ0) is 21.8. The molecule has 1 aliphatic carbocycles. The predicted octanol–water partition coefficient (Wildman–Crippen LogP) is 7.44. The van der Waals surface area contributed by atoms with Gasteiger partial charge in [-0.15, -0.1) is 0 Å². The smallest absolute Gasteiger partial charge is 0.226 e. The fraction of sp³-hybridized carbons (Fsp3) is 0.464. The van der Waals surface area contributed by atoms with Gasteiger partial charge >= 0.3 is 0 Å². The van der Waals surface area contributed by atoms with E-state index in [1.807, 2.05) is 6.92 Å². The summed E-state index contributed by atoms with van der Waals surface area (Å²) < 4.78 is 12.0. The Labute approximate surface area is 186 Å². The van der Waals surface area contributed by atoms with Crippen LogP contribution >= 0.6 is 0 Å². The maximum atomic E-state index is 6.10. The van der Waals surface area contributed by atoms with Gasteiger partial charge in [-0.25, -0.2) is 4.98 Å². The van der Waals surface area contributed by atoms with Crippen molar-refractivity contribution in [2.45, 2.75) is 72.1 Å². The first-order valence-electron chi connectivity index (χ1n) is 11.8. The summed E-state index contributed by atoms with van der Waals surface area (Å²) in [5.41, 5.74) is 6.25. The molecule has 0 N–H and O–H groups in total. The molecular formula is C28H35NO2. The summed E-state index contributed by atoms with van der Waals surface area (Å²) in [6.45, 7) is 9.37. The minimum atomic E-state index is 0.607. The predicted molar refractivity (Wildman–Crippen MR) is 127 cm³/mol. The number of aromatic nitrogens is 1. The third kappa shape index (κ3) is 5.03. The number of hydrogen-bond acceptors (Lipinski definition) is 3. The van der Waals surface area contributed by atoms with Crippen molar-refractivity contribution >= 4 is 0 Å². The van der Waals surface area contributed by atoms with Crippen LogP contribution in [0.3, 0.4) is 0 Å². The molecule has 1 aromatic heterocycles. The van der Waals surface area contributed by atoms with Crippen LogP contribution in [-0.4, -0.2) is 11.6 Å². The minimum Gasteiger partial charge on any atom is -0.493 e. The van der Waals surface area contributed by atoms with Gasteiger partial charge in [0.05, 0.1) is 12.3 Å². The van der Waals surface area contributed by atoms with E-state index in [9.17, 15) is 0 Å². The van der Waals surface area contributed by atoms with Crippen LogP contribution in [0.1, 0.15) is 73.6 Å². The molecule has 3 nitrogen and oxygen atoms in total. The lowest BCUT2D eigenvalue weighted by molar-refractivity contribution is 0.319. The molecule has 1 aliphatic rings. The zero-order valence-electron chi connectivity index (χ0n) is 19.4. The van der Waals surface area contributed by atoms with E-state index in [0.717, 1.165) is 35.1 Å². The van der Waals surface area contributed by atoms with Gasteiger partial charge in [0, 0.05) is 12.0 Å². The van der Waals surface area contributed by atoms with E-state index in [1.54, 1.807) is 5.56 Å². The Balaban J connectivity index is 1.35. The molecule has 0 saturated heterocycles. The van der Waals surface area contributed by atoms with E-state index < -0.39 is 0 Å². The van der Waals surface area contributed by atoms with Crippen molar-refractivity contribution in [1.82, 2.24) is 4.98 Å². The lowest BCUT2D eigenvalue weighted by atomic mass is 9.85. The highest BCUT2D eigenvalue weighted by atomic mass is 16.5. The van der Waals surface area contributed by atoms with Crippen LogP contribution < -0.4 is 4.74 Å². The van der Waals surface area contributed by atoms with Gasteiger partial charge in [0.25, 0.3) is 0 Å². The molecule has 2 unspecified atom stereocenters. The molecule has 0 amide bonds. The maximum absolute atomic E-state index is 6.10. The molecule has 1 heterocycles. The standard InChI is InChI=1S/C28H35NO2/c1-5-6-7-20(3)25-14-12-23-18-24(13-15-26(23)25)30-17-16-27-21(4)31-28(29-27)22-10-8-19(2)9-11-22/h8-11,13,15,18,20,25H,5-7,12,14,16-17H2,1-4H3. The first-order chi connectivity index (χ1) is 15.0. The molecule has 0 fully saturated rings. The first kappa shape index (κ1) is 21.7. The second kappa shape index (κ2) is 9.72. The molecule has 0 saturated carbocycles. The van der Waals surface area contributed by atoms with Gasteiger partial charge in [0.1, 0.15) is 11.5 Å². The Morgan fingerprint density at radius 1 is 1.13 bits per heavy atom. The third-order valence-corrected chi connectivity index (χ3v) is 6.74. The van der Waals surface area contributed by atoms with Gasteiger partial charge < -0.3 is 9.15 Å². The van der Waals surface area contributed by atoms with Crippen LogP contribution in [0.5, 0.6) is 5.75 Å². The topological polar surface area (TPSA) is 35.3 Å². The Morgan fingerprint density at radius 3 is 2.71 bits per heavy atom. The Kier molecular flexibility index (Phi) is 6.80. The highest BCUT2D eigenvalue weighted by Gasteiger charge is 2.27. The highest BCUT2D eigenvalue weighted by molar-refractivity contribution is 5.54. The Bertz CT molecular complexity index is 1000. The molecule has 31 heavy (non-hydrogen) atoms. The third-order valence-electron chi connectivity index (χ3n) is 6.74. The number of rotatable bonds is 9. The normalized spacial score (nSPS) is 16.3. The number of aryl methyl sites for hydroxylation is 3. The monoisotopic (exact) mass is 417 g/mol. The SMILES string of the molecule is CCCCC(C)C1CCc2cc(OCCc3nc(-c4ccc(C)cc4)oc3C)ccc21. The first-order valence-corrected chi connectivity index (χ1v) is 11.8. The van der Waals surface area contributed by atoms with Crippen LogP contribution in [0.15, 0.2) is 46.9 Å². The van der Waals surface area contributed by atoms with Crippen LogP contribution in [0.25, 0.3) is 11.5 Å². The van der Waals surface area contributed by atoms with Gasteiger partial charge in [-0.2, -0.15) is 0 Å². The average Bonchev–Trinajstić information content (AvgIpc) is 3.36. The molecule has 0 bridgehead atoms. The van der Waals surface area contributed by atoms with Crippen LogP contribution in [0, 0.1) is 19.8 Å². The van der Waals surface area contributed by atoms with E-state index in [2.05, 4.69) is 63.2 Å². The fourth-order valence-corrected chi connectivity index (χ4v) is 4.78. The van der Waals surface area contributed by atoms with Crippen LogP contribution in [0.4, 0.5) is 0 Å². The fourth-order valence-electron chi connectivity index (χ4n) is 4.78. The maximum Gasteiger partial charge on any atom is 0.226 e. The van der Waals surface area contributed by atoms with Crippen molar-refractivity contribution in [3.63, 3.8) is 0 Å². The summed E-state index contributed by atoms with van der Waals surface area (Å²) in [7, 11) is 0. The molecule has 0 aliphatic heterocycles. The van der Waals surface area contributed by atoms with Gasteiger partial charge in [-0.05, 0) is 73.9 Å². The molecule has 0 spiro atoms. The number of benzene rings is 2. The zero-order valence-corrected chi connectivity index (χ0v) is 19.4. The summed E-state index contributed by atoms with van der Waals surface area (Å²) in [6, 6.07) is 15.0. The van der Waals surface area contributed by atoms with E-state index in [-0.39, 0.29) is 0 Å². The van der Waals surface area contributed by atoms with E-state index in [1.165, 1.54) is 43.2 Å². The Morgan fingerprint density at radius 2 is 1.94 bits per heavy atom. The van der Waals surface area contributed by atoms with E-state index in [0.29, 0.717) is 18.4 Å². The molecule has 4 rings (SSSR count). The second-order valence-electron chi connectivity index (χ2n) is 9.11. The number of ether oxygens (including phenoxy) is 1. The quantitative estimate of drug-likeness (QED) is 0.363. The van der Waals surface area contributed by atoms with Gasteiger partial charge in [-0.3, -0.25) is 0 Å². The largest absolute Gasteiger partial charge is 0.493 e. The average molecular weight is 418 g/mol.